The third kappa shape index (κ3) is 2.55. The summed E-state index contributed by atoms with van der Waals surface area (Å²) in [6, 6.07) is 1.68. The van der Waals surface area contributed by atoms with Crippen molar-refractivity contribution in [3.63, 3.8) is 0 Å². The standard InChI is InChI=1S/C13H16N2O3S2/c1-18-10(16)9-8(4-7-20-9)15-12(17)13(11(14)19)5-2-3-6-13/h4,7H,2-3,5-6H2,1H3,(H2,14,19)(H,15,17). The van der Waals surface area contributed by atoms with Gasteiger partial charge in [-0.1, -0.05) is 25.1 Å². The van der Waals surface area contributed by atoms with Gasteiger partial charge in [0.05, 0.1) is 23.2 Å². The van der Waals surface area contributed by atoms with E-state index >= 15 is 0 Å². The van der Waals surface area contributed by atoms with Gasteiger partial charge in [-0.2, -0.15) is 0 Å². The number of hydrogen-bond donors (Lipinski definition) is 2. The number of carbonyl (C=O) groups is 2. The molecule has 0 radical (unpaired) electrons. The molecular weight excluding hydrogens is 296 g/mol. The van der Waals surface area contributed by atoms with E-state index in [2.05, 4.69) is 10.1 Å². The topological polar surface area (TPSA) is 81.4 Å². The number of hydrogen-bond acceptors (Lipinski definition) is 5. The Labute approximate surface area is 126 Å². The van der Waals surface area contributed by atoms with E-state index in [1.54, 1.807) is 11.4 Å². The second kappa shape index (κ2) is 5.88. The van der Waals surface area contributed by atoms with Crippen molar-refractivity contribution in [2.75, 3.05) is 12.4 Å². The molecule has 1 aromatic heterocycles. The number of methoxy groups -OCH3 is 1. The number of ether oxygens (including phenoxy) is 1. The minimum Gasteiger partial charge on any atom is -0.465 e. The van der Waals surface area contributed by atoms with Crippen LogP contribution in [-0.2, 0) is 9.53 Å². The average molecular weight is 312 g/mol. The molecule has 0 aliphatic heterocycles. The minimum absolute atomic E-state index is 0.224. The zero-order valence-corrected chi connectivity index (χ0v) is 12.7. The Morgan fingerprint density at radius 2 is 2.10 bits per heavy atom. The molecule has 0 unspecified atom stereocenters. The van der Waals surface area contributed by atoms with Gasteiger partial charge in [0.2, 0.25) is 5.91 Å². The van der Waals surface area contributed by atoms with Crippen molar-refractivity contribution in [2.45, 2.75) is 25.7 Å². The number of carbonyl (C=O) groups excluding carboxylic acids is 2. The first-order valence-electron chi connectivity index (χ1n) is 6.28. The monoisotopic (exact) mass is 312 g/mol. The van der Waals surface area contributed by atoms with Crippen molar-refractivity contribution >= 4 is 46.1 Å². The van der Waals surface area contributed by atoms with Crippen LogP contribution in [0.15, 0.2) is 11.4 Å². The molecule has 0 bridgehead atoms. The van der Waals surface area contributed by atoms with Gasteiger partial charge in [-0.25, -0.2) is 4.79 Å². The first kappa shape index (κ1) is 14.9. The molecule has 0 aromatic carbocycles. The van der Waals surface area contributed by atoms with E-state index in [1.165, 1.54) is 18.4 Å². The van der Waals surface area contributed by atoms with E-state index in [1.807, 2.05) is 0 Å². The van der Waals surface area contributed by atoms with E-state index in [0.717, 1.165) is 12.8 Å². The summed E-state index contributed by atoms with van der Waals surface area (Å²) in [5.41, 5.74) is 5.43. The maximum Gasteiger partial charge on any atom is 0.350 e. The number of amides is 1. The van der Waals surface area contributed by atoms with Crippen LogP contribution in [0.1, 0.15) is 35.4 Å². The van der Waals surface area contributed by atoms with Crippen molar-refractivity contribution in [3.05, 3.63) is 16.3 Å². The molecule has 1 heterocycles. The predicted molar refractivity (Wildman–Crippen MR) is 82.0 cm³/mol. The lowest BCUT2D eigenvalue weighted by Crippen LogP contribution is -2.44. The molecule has 2 rings (SSSR count). The van der Waals surface area contributed by atoms with Crippen molar-refractivity contribution in [2.24, 2.45) is 11.1 Å². The Balaban J connectivity index is 2.21. The number of nitrogens with two attached hydrogens (primary N) is 1. The Hall–Kier alpha value is -1.47. The summed E-state index contributed by atoms with van der Waals surface area (Å²) in [4.78, 5) is 24.7. The van der Waals surface area contributed by atoms with Crippen LogP contribution >= 0.6 is 23.6 Å². The lowest BCUT2D eigenvalue weighted by Gasteiger charge is -2.26. The molecule has 5 nitrogen and oxygen atoms in total. The van der Waals surface area contributed by atoms with E-state index < -0.39 is 11.4 Å². The van der Waals surface area contributed by atoms with Crippen molar-refractivity contribution in [3.8, 4) is 0 Å². The second-order valence-electron chi connectivity index (χ2n) is 4.76. The van der Waals surface area contributed by atoms with Gasteiger partial charge in [-0.05, 0) is 24.3 Å². The normalized spacial score (nSPS) is 16.6. The molecule has 3 N–H and O–H groups in total. The van der Waals surface area contributed by atoms with Crippen LogP contribution in [0.5, 0.6) is 0 Å². The quantitative estimate of drug-likeness (QED) is 0.658. The molecule has 0 atom stereocenters. The van der Waals surface area contributed by atoms with E-state index in [0.29, 0.717) is 23.4 Å². The van der Waals surface area contributed by atoms with Crippen molar-refractivity contribution < 1.29 is 14.3 Å². The van der Waals surface area contributed by atoms with Crippen LogP contribution in [-0.4, -0.2) is 24.0 Å². The predicted octanol–water partition coefficient (Wildman–Crippen LogP) is 2.32. The molecule has 1 aromatic rings. The highest BCUT2D eigenvalue weighted by atomic mass is 32.1. The largest absolute Gasteiger partial charge is 0.465 e. The molecule has 1 saturated carbocycles. The number of esters is 1. The van der Waals surface area contributed by atoms with Gasteiger partial charge in [0.1, 0.15) is 4.88 Å². The number of thiocarbonyl (C=S) groups is 1. The Morgan fingerprint density at radius 1 is 1.45 bits per heavy atom. The zero-order chi connectivity index (χ0) is 14.8. The van der Waals surface area contributed by atoms with Crippen LogP contribution in [0, 0.1) is 5.41 Å². The van der Waals surface area contributed by atoms with Crippen molar-refractivity contribution in [1.29, 1.82) is 0 Å². The molecule has 1 aliphatic carbocycles. The zero-order valence-electron chi connectivity index (χ0n) is 11.1. The van der Waals surface area contributed by atoms with Crippen molar-refractivity contribution in [1.82, 2.24) is 0 Å². The molecule has 1 aliphatic rings. The van der Waals surface area contributed by atoms with Gasteiger partial charge < -0.3 is 15.8 Å². The number of rotatable bonds is 4. The van der Waals surface area contributed by atoms with Gasteiger partial charge >= 0.3 is 5.97 Å². The molecular formula is C13H16N2O3S2. The molecule has 108 valence electrons. The van der Waals surface area contributed by atoms with Crippen LogP contribution in [0.4, 0.5) is 5.69 Å². The van der Waals surface area contributed by atoms with Crippen LogP contribution in [0.3, 0.4) is 0 Å². The third-order valence-electron chi connectivity index (χ3n) is 3.65. The highest BCUT2D eigenvalue weighted by Crippen LogP contribution is 2.40. The summed E-state index contributed by atoms with van der Waals surface area (Å²) < 4.78 is 4.68. The number of nitrogens with one attached hydrogen (secondary N) is 1. The summed E-state index contributed by atoms with van der Waals surface area (Å²) in [6.45, 7) is 0. The molecule has 7 heteroatoms. The van der Waals surface area contributed by atoms with E-state index in [9.17, 15) is 9.59 Å². The van der Waals surface area contributed by atoms with Crippen LogP contribution in [0.25, 0.3) is 0 Å². The molecule has 1 amide bonds. The van der Waals surface area contributed by atoms with E-state index in [-0.39, 0.29) is 10.9 Å². The summed E-state index contributed by atoms with van der Waals surface area (Å²) >= 11 is 6.30. The first-order chi connectivity index (χ1) is 9.51. The summed E-state index contributed by atoms with van der Waals surface area (Å²) in [6.07, 6.45) is 3.17. The summed E-state index contributed by atoms with van der Waals surface area (Å²) in [5, 5.41) is 4.50. The third-order valence-corrected chi connectivity index (χ3v) is 4.93. The number of anilines is 1. The van der Waals surface area contributed by atoms with Gasteiger partial charge in [0, 0.05) is 0 Å². The fourth-order valence-corrected chi connectivity index (χ4v) is 3.53. The lowest BCUT2D eigenvalue weighted by molar-refractivity contribution is -0.122. The van der Waals surface area contributed by atoms with Gasteiger partial charge in [0.25, 0.3) is 0 Å². The first-order valence-corrected chi connectivity index (χ1v) is 7.57. The Kier molecular flexibility index (Phi) is 4.39. The molecule has 0 spiro atoms. The number of thiophene rings is 1. The minimum atomic E-state index is -0.787. The summed E-state index contributed by atoms with van der Waals surface area (Å²) in [5.74, 6) is -0.697. The molecule has 1 fully saturated rings. The Morgan fingerprint density at radius 3 is 2.65 bits per heavy atom. The highest BCUT2D eigenvalue weighted by molar-refractivity contribution is 7.80. The fraction of sp³-hybridized carbons (Fsp3) is 0.462. The van der Waals surface area contributed by atoms with Crippen LogP contribution in [0.2, 0.25) is 0 Å². The Bertz CT molecular complexity index is 548. The van der Waals surface area contributed by atoms with E-state index in [4.69, 9.17) is 18.0 Å². The smallest absolute Gasteiger partial charge is 0.350 e. The maximum atomic E-state index is 12.5. The molecule has 20 heavy (non-hydrogen) atoms. The SMILES string of the molecule is COC(=O)c1sccc1NC(=O)C1(C(N)=S)CCCC1. The molecule has 0 saturated heterocycles. The maximum absolute atomic E-state index is 12.5. The highest BCUT2D eigenvalue weighted by Gasteiger charge is 2.44. The van der Waals surface area contributed by atoms with Gasteiger partial charge in [-0.15, -0.1) is 11.3 Å². The average Bonchev–Trinajstić information content (AvgIpc) is 3.07. The van der Waals surface area contributed by atoms with Gasteiger partial charge in [-0.3, -0.25) is 4.79 Å². The van der Waals surface area contributed by atoms with Gasteiger partial charge in [0.15, 0.2) is 0 Å². The second-order valence-corrected chi connectivity index (χ2v) is 6.12. The lowest BCUT2D eigenvalue weighted by atomic mass is 9.85. The summed E-state index contributed by atoms with van der Waals surface area (Å²) in [7, 11) is 1.31. The van der Waals surface area contributed by atoms with Crippen LogP contribution < -0.4 is 11.1 Å². The fourth-order valence-electron chi connectivity index (χ4n) is 2.46.